The molecule has 8 heteroatoms. The lowest BCUT2D eigenvalue weighted by atomic mass is 10.0. The molecule has 0 bridgehead atoms. The van der Waals surface area contributed by atoms with Crippen LogP contribution in [0.25, 0.3) is 0 Å². The first kappa shape index (κ1) is 24.4. The average Bonchev–Trinajstić information content (AvgIpc) is 2.79. The van der Waals surface area contributed by atoms with Gasteiger partial charge in [0.1, 0.15) is 0 Å². The highest BCUT2D eigenvalue weighted by Gasteiger charge is 2.29. The molecule has 1 aliphatic rings. The zero-order chi connectivity index (χ0) is 23.3. The molecule has 7 nitrogen and oxygen atoms in total. The maximum Gasteiger partial charge on any atom is 0.243 e. The minimum atomic E-state index is -3.49. The predicted octanol–water partition coefficient (Wildman–Crippen LogP) is 3.42. The van der Waals surface area contributed by atoms with Crippen molar-refractivity contribution in [3.05, 3.63) is 47.5 Å². The summed E-state index contributed by atoms with van der Waals surface area (Å²) in [7, 11) is 1.30. The lowest BCUT2D eigenvalue weighted by Gasteiger charge is -2.34. The number of rotatable bonds is 9. The Bertz CT molecular complexity index is 998. The standard InChI is InChI=1S/C24H34N2O5S/c1-18(2)16-19-6-9-21(10-7-19)32(27,28)26-14-12-25(13-15-26)17-20-8-11-22(29-3)24(31-5)23(20)30-4/h6-11,18H,12-17H2,1-5H3. The Morgan fingerprint density at radius 3 is 2.00 bits per heavy atom. The van der Waals surface area contributed by atoms with Gasteiger partial charge in [-0.2, -0.15) is 4.31 Å². The van der Waals surface area contributed by atoms with Crippen LogP contribution in [0, 0.1) is 5.92 Å². The first-order valence-corrected chi connectivity index (χ1v) is 12.3. The fourth-order valence-electron chi connectivity index (χ4n) is 4.07. The molecule has 0 unspecified atom stereocenters. The quantitative estimate of drug-likeness (QED) is 0.569. The zero-order valence-electron chi connectivity index (χ0n) is 19.6. The Kier molecular flexibility index (Phi) is 8.03. The zero-order valence-corrected chi connectivity index (χ0v) is 20.4. The van der Waals surface area contributed by atoms with Gasteiger partial charge in [-0.3, -0.25) is 4.90 Å². The molecular formula is C24H34N2O5S. The van der Waals surface area contributed by atoms with Crippen LogP contribution in [0.3, 0.4) is 0 Å². The number of hydrogen-bond acceptors (Lipinski definition) is 6. The van der Waals surface area contributed by atoms with Crippen LogP contribution < -0.4 is 14.2 Å². The third-order valence-electron chi connectivity index (χ3n) is 5.72. The van der Waals surface area contributed by atoms with E-state index in [9.17, 15) is 8.42 Å². The van der Waals surface area contributed by atoms with E-state index in [0.29, 0.717) is 60.8 Å². The summed E-state index contributed by atoms with van der Waals surface area (Å²) in [6.07, 6.45) is 0.943. The lowest BCUT2D eigenvalue weighted by molar-refractivity contribution is 0.179. The summed E-state index contributed by atoms with van der Waals surface area (Å²) in [5.74, 6) is 2.36. The number of nitrogens with zero attached hydrogens (tertiary/aromatic N) is 2. The fraction of sp³-hybridized carbons (Fsp3) is 0.500. The minimum absolute atomic E-state index is 0.361. The molecule has 0 N–H and O–H groups in total. The molecular weight excluding hydrogens is 428 g/mol. The van der Waals surface area contributed by atoms with Gasteiger partial charge in [0.25, 0.3) is 0 Å². The molecule has 176 valence electrons. The van der Waals surface area contributed by atoms with Crippen molar-refractivity contribution in [2.24, 2.45) is 5.92 Å². The summed E-state index contributed by atoms with van der Waals surface area (Å²) in [5, 5.41) is 0. The maximum atomic E-state index is 13.1. The third-order valence-corrected chi connectivity index (χ3v) is 7.63. The Labute approximate surface area is 191 Å². The fourth-order valence-corrected chi connectivity index (χ4v) is 5.50. The van der Waals surface area contributed by atoms with E-state index in [-0.39, 0.29) is 0 Å². The van der Waals surface area contributed by atoms with Crippen molar-refractivity contribution in [3.8, 4) is 17.2 Å². The largest absolute Gasteiger partial charge is 0.493 e. The van der Waals surface area contributed by atoms with E-state index in [1.165, 1.54) is 0 Å². The number of hydrogen-bond donors (Lipinski definition) is 0. The van der Waals surface area contributed by atoms with Crippen molar-refractivity contribution < 1.29 is 22.6 Å². The molecule has 2 aromatic carbocycles. The molecule has 32 heavy (non-hydrogen) atoms. The van der Waals surface area contributed by atoms with Gasteiger partial charge < -0.3 is 14.2 Å². The van der Waals surface area contributed by atoms with Crippen LogP contribution in [0.4, 0.5) is 0 Å². The van der Waals surface area contributed by atoms with Crippen molar-refractivity contribution in [1.29, 1.82) is 0 Å². The monoisotopic (exact) mass is 462 g/mol. The highest BCUT2D eigenvalue weighted by atomic mass is 32.2. The van der Waals surface area contributed by atoms with Gasteiger partial charge in [-0.15, -0.1) is 0 Å². The van der Waals surface area contributed by atoms with Gasteiger partial charge in [0.05, 0.1) is 26.2 Å². The highest BCUT2D eigenvalue weighted by Crippen LogP contribution is 2.40. The van der Waals surface area contributed by atoms with Crippen LogP contribution in [-0.2, 0) is 23.0 Å². The van der Waals surface area contributed by atoms with Crippen molar-refractivity contribution in [3.63, 3.8) is 0 Å². The smallest absolute Gasteiger partial charge is 0.243 e. The van der Waals surface area contributed by atoms with Crippen molar-refractivity contribution in [2.45, 2.75) is 31.7 Å². The summed E-state index contributed by atoms with van der Waals surface area (Å²) in [6, 6.07) is 11.1. The summed E-state index contributed by atoms with van der Waals surface area (Å²) >= 11 is 0. The summed E-state index contributed by atoms with van der Waals surface area (Å²) in [4.78, 5) is 2.58. The maximum absolute atomic E-state index is 13.1. The summed E-state index contributed by atoms with van der Waals surface area (Å²) in [5.41, 5.74) is 2.13. The Morgan fingerprint density at radius 2 is 1.47 bits per heavy atom. The van der Waals surface area contributed by atoms with E-state index >= 15 is 0 Å². The van der Waals surface area contributed by atoms with E-state index < -0.39 is 10.0 Å². The molecule has 0 amide bonds. The molecule has 2 aromatic rings. The lowest BCUT2D eigenvalue weighted by Crippen LogP contribution is -2.48. The minimum Gasteiger partial charge on any atom is -0.493 e. The summed E-state index contributed by atoms with van der Waals surface area (Å²) in [6.45, 7) is 7.13. The normalized spacial score (nSPS) is 15.7. The summed E-state index contributed by atoms with van der Waals surface area (Å²) < 4.78 is 44.2. The van der Waals surface area contributed by atoms with Crippen molar-refractivity contribution in [2.75, 3.05) is 47.5 Å². The van der Waals surface area contributed by atoms with Gasteiger partial charge in [-0.25, -0.2) is 8.42 Å². The molecule has 0 atom stereocenters. The first-order valence-electron chi connectivity index (χ1n) is 10.9. The second-order valence-electron chi connectivity index (χ2n) is 8.42. The molecule has 0 radical (unpaired) electrons. The Balaban J connectivity index is 1.66. The molecule has 1 saturated heterocycles. The highest BCUT2D eigenvalue weighted by molar-refractivity contribution is 7.89. The third kappa shape index (κ3) is 5.36. The van der Waals surface area contributed by atoms with Gasteiger partial charge in [0.2, 0.25) is 15.8 Å². The molecule has 3 rings (SSSR count). The molecule has 0 spiro atoms. The Hall–Kier alpha value is -2.29. The van der Waals surface area contributed by atoms with E-state index in [1.54, 1.807) is 37.8 Å². The first-order chi connectivity index (χ1) is 15.3. The van der Waals surface area contributed by atoms with Crippen LogP contribution in [0.1, 0.15) is 25.0 Å². The van der Waals surface area contributed by atoms with Crippen LogP contribution in [0.2, 0.25) is 0 Å². The van der Waals surface area contributed by atoms with E-state index in [4.69, 9.17) is 14.2 Å². The van der Waals surface area contributed by atoms with Gasteiger partial charge in [0, 0.05) is 38.3 Å². The Morgan fingerprint density at radius 1 is 0.844 bits per heavy atom. The van der Waals surface area contributed by atoms with E-state index in [1.807, 2.05) is 24.3 Å². The number of ether oxygens (including phenoxy) is 3. The molecule has 1 heterocycles. The number of benzene rings is 2. The average molecular weight is 463 g/mol. The molecule has 0 aromatic heterocycles. The van der Waals surface area contributed by atoms with E-state index in [2.05, 4.69) is 18.7 Å². The van der Waals surface area contributed by atoms with Crippen LogP contribution in [-0.4, -0.2) is 65.1 Å². The van der Waals surface area contributed by atoms with Crippen molar-refractivity contribution in [1.82, 2.24) is 9.21 Å². The molecule has 0 saturated carbocycles. The van der Waals surface area contributed by atoms with Crippen LogP contribution >= 0.6 is 0 Å². The van der Waals surface area contributed by atoms with Gasteiger partial charge in [-0.1, -0.05) is 32.0 Å². The van der Waals surface area contributed by atoms with Gasteiger partial charge in [0.15, 0.2) is 11.5 Å². The number of sulfonamides is 1. The van der Waals surface area contributed by atoms with Crippen LogP contribution in [0.5, 0.6) is 17.2 Å². The molecule has 0 aliphatic carbocycles. The SMILES string of the molecule is COc1ccc(CN2CCN(S(=O)(=O)c3ccc(CC(C)C)cc3)CC2)c(OC)c1OC. The van der Waals surface area contributed by atoms with E-state index in [0.717, 1.165) is 17.5 Å². The predicted molar refractivity (Wildman–Crippen MR) is 125 cm³/mol. The number of piperazine rings is 1. The molecule has 1 fully saturated rings. The van der Waals surface area contributed by atoms with Crippen LogP contribution in [0.15, 0.2) is 41.3 Å². The second kappa shape index (κ2) is 10.6. The van der Waals surface area contributed by atoms with Gasteiger partial charge in [-0.05, 0) is 36.1 Å². The number of methoxy groups -OCH3 is 3. The molecule has 1 aliphatic heterocycles. The second-order valence-corrected chi connectivity index (χ2v) is 10.4. The topological polar surface area (TPSA) is 68.3 Å². The van der Waals surface area contributed by atoms with Gasteiger partial charge >= 0.3 is 0 Å². The van der Waals surface area contributed by atoms with Crippen molar-refractivity contribution >= 4 is 10.0 Å².